The number of benzene rings is 1. The Morgan fingerprint density at radius 3 is 2.47 bits per heavy atom. The molecule has 1 rings (SSSR count). The first-order valence-electron chi connectivity index (χ1n) is 5.81. The lowest BCUT2D eigenvalue weighted by atomic mass is 9.87. The Kier molecular flexibility index (Phi) is 4.82. The lowest BCUT2D eigenvalue weighted by molar-refractivity contribution is 0.159. The molecule has 0 aliphatic carbocycles. The predicted octanol–water partition coefficient (Wildman–Crippen LogP) is 2.20. The number of aliphatic hydroxyl groups excluding tert-OH is 1. The molecular weight excluding hydrogens is 209 g/mol. The third-order valence-corrected chi connectivity index (χ3v) is 2.58. The van der Waals surface area contributed by atoms with E-state index in [2.05, 4.69) is 12.2 Å². The Bertz CT molecular complexity index is 382. The van der Waals surface area contributed by atoms with Crippen molar-refractivity contribution < 1.29 is 5.11 Å². The van der Waals surface area contributed by atoms with Gasteiger partial charge in [-0.3, -0.25) is 0 Å². The molecule has 0 amide bonds. The third kappa shape index (κ3) is 5.09. The largest absolute Gasteiger partial charge is 0.396 e. The maximum absolute atomic E-state index is 9.20. The van der Waals surface area contributed by atoms with Crippen LogP contribution in [0.2, 0.25) is 0 Å². The van der Waals surface area contributed by atoms with E-state index in [-0.39, 0.29) is 12.0 Å². The van der Waals surface area contributed by atoms with Gasteiger partial charge < -0.3 is 10.4 Å². The zero-order chi connectivity index (χ0) is 12.9. The summed E-state index contributed by atoms with van der Waals surface area (Å²) in [5.74, 6) is 0. The summed E-state index contributed by atoms with van der Waals surface area (Å²) in [5.41, 5.74) is 2.92. The summed E-state index contributed by atoms with van der Waals surface area (Å²) >= 11 is 0. The summed E-state index contributed by atoms with van der Waals surface area (Å²) in [6.45, 7) is 6.35. The summed E-state index contributed by atoms with van der Waals surface area (Å²) in [5, 5.41) is 12.4. The molecule has 1 aromatic carbocycles. The fraction of sp³-hybridized carbons (Fsp3) is 0.429. The van der Waals surface area contributed by atoms with Crippen molar-refractivity contribution in [1.82, 2.24) is 0 Å². The highest BCUT2D eigenvalue weighted by molar-refractivity contribution is 6.32. The molecule has 0 fully saturated rings. The molecule has 90 valence electrons. The van der Waals surface area contributed by atoms with Gasteiger partial charge in [0.05, 0.1) is 0 Å². The van der Waals surface area contributed by atoms with Crippen LogP contribution in [0.3, 0.4) is 0 Å². The lowest BCUT2D eigenvalue weighted by Gasteiger charge is -2.21. The first-order valence-corrected chi connectivity index (χ1v) is 5.81. The number of rotatable bonds is 5. The van der Waals surface area contributed by atoms with E-state index in [0.717, 1.165) is 17.6 Å². The number of aliphatic hydroxyl groups is 1. The summed E-state index contributed by atoms with van der Waals surface area (Å²) in [6, 6.07) is 7.61. The van der Waals surface area contributed by atoms with Crippen LogP contribution in [0.4, 0.5) is 5.69 Å². The Morgan fingerprint density at radius 1 is 1.35 bits per heavy atom. The Hall–Kier alpha value is -1.22. The highest BCUT2D eigenvalue weighted by Gasteiger charge is 2.16. The average molecular weight is 229 g/mol. The maximum atomic E-state index is 9.20. The van der Waals surface area contributed by atoms with E-state index >= 15 is 0 Å². The molecule has 17 heavy (non-hydrogen) atoms. The van der Waals surface area contributed by atoms with Crippen LogP contribution in [0.15, 0.2) is 36.0 Å². The summed E-state index contributed by atoms with van der Waals surface area (Å²) in [4.78, 5) is 0. The van der Waals surface area contributed by atoms with Crippen molar-refractivity contribution in [3.63, 3.8) is 0 Å². The summed E-state index contributed by atoms with van der Waals surface area (Å²) < 4.78 is 0. The topological polar surface area (TPSA) is 32.3 Å². The van der Waals surface area contributed by atoms with Gasteiger partial charge in [-0.25, -0.2) is 0 Å². The standard InChI is InChI=1S/C14H20BNO/c1-11(8-14(2,3)10-17)9-16-13-6-4-12(15)5-7-13/h4-7,9,16-17H,8,10H2,1-3H3/b11-9+. The highest BCUT2D eigenvalue weighted by atomic mass is 16.3. The lowest BCUT2D eigenvalue weighted by Crippen LogP contribution is -2.17. The molecule has 2 N–H and O–H groups in total. The molecule has 1 aromatic rings. The first kappa shape index (κ1) is 13.8. The molecule has 2 nitrogen and oxygen atoms in total. The van der Waals surface area contributed by atoms with Gasteiger partial charge in [0.2, 0.25) is 0 Å². The quantitative estimate of drug-likeness (QED) is 0.758. The third-order valence-electron chi connectivity index (χ3n) is 2.58. The Balaban J connectivity index is 2.56. The molecule has 0 aliphatic heterocycles. The van der Waals surface area contributed by atoms with Crippen LogP contribution in [0, 0.1) is 5.41 Å². The molecule has 0 bridgehead atoms. The van der Waals surface area contributed by atoms with Crippen molar-refractivity contribution in [2.24, 2.45) is 5.41 Å². The van der Waals surface area contributed by atoms with Crippen molar-refractivity contribution in [3.8, 4) is 0 Å². The zero-order valence-electron chi connectivity index (χ0n) is 10.8. The second-order valence-corrected chi connectivity index (χ2v) is 5.26. The van der Waals surface area contributed by atoms with E-state index in [4.69, 9.17) is 7.85 Å². The molecular formula is C14H20BNO. The summed E-state index contributed by atoms with van der Waals surface area (Å²) in [7, 11) is 5.61. The average Bonchev–Trinajstić information content (AvgIpc) is 2.28. The Morgan fingerprint density at radius 2 is 1.94 bits per heavy atom. The van der Waals surface area contributed by atoms with Crippen LogP contribution in [0.1, 0.15) is 27.2 Å². The molecule has 0 aromatic heterocycles. The minimum Gasteiger partial charge on any atom is -0.396 e. The van der Waals surface area contributed by atoms with Gasteiger partial charge in [-0.1, -0.05) is 37.0 Å². The van der Waals surface area contributed by atoms with Gasteiger partial charge >= 0.3 is 0 Å². The zero-order valence-corrected chi connectivity index (χ0v) is 10.8. The van der Waals surface area contributed by atoms with Gasteiger partial charge in [-0.2, -0.15) is 0 Å². The van der Waals surface area contributed by atoms with E-state index < -0.39 is 0 Å². The number of anilines is 1. The summed E-state index contributed by atoms with van der Waals surface area (Å²) in [6.07, 6.45) is 2.84. The van der Waals surface area contributed by atoms with Crippen LogP contribution in [0.25, 0.3) is 0 Å². The van der Waals surface area contributed by atoms with Crippen LogP contribution >= 0.6 is 0 Å². The molecule has 0 unspecified atom stereocenters. The van der Waals surface area contributed by atoms with Gasteiger partial charge in [0, 0.05) is 12.3 Å². The molecule has 0 aliphatic rings. The van der Waals surface area contributed by atoms with Gasteiger partial charge in [0.15, 0.2) is 0 Å². The smallest absolute Gasteiger partial charge is 0.113 e. The molecule has 3 heteroatoms. The molecule has 0 spiro atoms. The van der Waals surface area contributed by atoms with E-state index in [9.17, 15) is 5.11 Å². The van der Waals surface area contributed by atoms with Gasteiger partial charge in [-0.15, -0.1) is 0 Å². The van der Waals surface area contributed by atoms with Crippen molar-refractivity contribution >= 4 is 19.0 Å². The van der Waals surface area contributed by atoms with Crippen LogP contribution in [0.5, 0.6) is 0 Å². The fourth-order valence-corrected chi connectivity index (χ4v) is 1.65. The normalized spacial score (nSPS) is 12.6. The number of hydrogen-bond donors (Lipinski definition) is 2. The molecule has 0 saturated heterocycles. The predicted molar refractivity (Wildman–Crippen MR) is 74.7 cm³/mol. The van der Waals surface area contributed by atoms with E-state index in [1.54, 1.807) is 0 Å². The molecule has 0 saturated carbocycles. The molecule has 0 atom stereocenters. The molecule has 2 radical (unpaired) electrons. The van der Waals surface area contributed by atoms with Crippen LogP contribution in [-0.2, 0) is 0 Å². The Labute approximate surface area is 105 Å². The number of allylic oxidation sites excluding steroid dienone is 1. The minimum atomic E-state index is -0.0661. The fourth-order valence-electron chi connectivity index (χ4n) is 1.65. The van der Waals surface area contributed by atoms with Crippen molar-refractivity contribution in [1.29, 1.82) is 0 Å². The van der Waals surface area contributed by atoms with Crippen molar-refractivity contribution in [3.05, 3.63) is 36.0 Å². The maximum Gasteiger partial charge on any atom is 0.113 e. The van der Waals surface area contributed by atoms with Gasteiger partial charge in [-0.05, 0) is 37.1 Å². The SMILES string of the molecule is [B]c1ccc(N/C=C(\C)CC(C)(C)CO)cc1. The first-order chi connectivity index (χ1) is 7.93. The van der Waals surface area contributed by atoms with E-state index in [1.807, 2.05) is 44.3 Å². The molecule has 0 heterocycles. The van der Waals surface area contributed by atoms with Gasteiger partial charge in [0.1, 0.15) is 7.85 Å². The number of hydrogen-bond acceptors (Lipinski definition) is 2. The van der Waals surface area contributed by atoms with Crippen LogP contribution in [-0.4, -0.2) is 19.6 Å². The second-order valence-electron chi connectivity index (χ2n) is 5.26. The van der Waals surface area contributed by atoms with Gasteiger partial charge in [0.25, 0.3) is 0 Å². The van der Waals surface area contributed by atoms with E-state index in [0.29, 0.717) is 0 Å². The second kappa shape index (κ2) is 5.92. The van der Waals surface area contributed by atoms with E-state index in [1.165, 1.54) is 5.57 Å². The van der Waals surface area contributed by atoms with Crippen molar-refractivity contribution in [2.75, 3.05) is 11.9 Å². The number of nitrogens with one attached hydrogen (secondary N) is 1. The minimum absolute atomic E-state index is 0.0661. The highest BCUT2D eigenvalue weighted by Crippen LogP contribution is 2.23. The van der Waals surface area contributed by atoms with Crippen molar-refractivity contribution in [2.45, 2.75) is 27.2 Å². The monoisotopic (exact) mass is 229 g/mol. The van der Waals surface area contributed by atoms with Crippen LogP contribution < -0.4 is 10.8 Å².